The topological polar surface area (TPSA) is 38.0 Å². The van der Waals surface area contributed by atoms with Crippen LogP contribution in [0.25, 0.3) is 0 Å². The van der Waals surface area contributed by atoms with Crippen LogP contribution in [0.2, 0.25) is 0 Å². The second-order valence-corrected chi connectivity index (χ2v) is 5.82. The summed E-state index contributed by atoms with van der Waals surface area (Å²) in [7, 11) is 0. The smallest absolute Gasteiger partial charge is 0.0347 e. The molecule has 1 fully saturated rings. The van der Waals surface area contributed by atoms with Gasteiger partial charge in [0, 0.05) is 25.0 Å². The third-order valence-corrected chi connectivity index (χ3v) is 3.48. The highest BCUT2D eigenvalue weighted by atomic mass is 15.0. The number of benzene rings is 1. The largest absolute Gasteiger partial charge is 0.324 e. The molecule has 88 valence electrons. The summed E-state index contributed by atoms with van der Waals surface area (Å²) in [5.74, 6) is 0.612. The summed E-state index contributed by atoms with van der Waals surface area (Å²) in [6, 6.07) is 8.98. The van der Waals surface area contributed by atoms with Gasteiger partial charge in [-0.1, -0.05) is 45.0 Å². The highest BCUT2D eigenvalue weighted by Crippen LogP contribution is 2.26. The van der Waals surface area contributed by atoms with Gasteiger partial charge in [0.1, 0.15) is 0 Å². The van der Waals surface area contributed by atoms with Crippen molar-refractivity contribution in [2.24, 2.45) is 11.7 Å². The van der Waals surface area contributed by atoms with Crippen molar-refractivity contribution in [3.05, 3.63) is 35.4 Å². The average molecular weight is 218 g/mol. The summed E-state index contributed by atoms with van der Waals surface area (Å²) in [6.07, 6.45) is 0. The quantitative estimate of drug-likeness (QED) is 0.798. The Balaban J connectivity index is 2.12. The lowest BCUT2D eigenvalue weighted by molar-refractivity contribution is 0.295. The van der Waals surface area contributed by atoms with Crippen LogP contribution in [0.5, 0.6) is 0 Å². The van der Waals surface area contributed by atoms with Crippen molar-refractivity contribution in [2.75, 3.05) is 13.1 Å². The number of nitrogens with one attached hydrogen (secondary N) is 1. The van der Waals surface area contributed by atoms with E-state index in [9.17, 15) is 0 Å². The molecule has 1 aromatic carbocycles. The maximum absolute atomic E-state index is 6.22. The minimum absolute atomic E-state index is 0.190. The Morgan fingerprint density at radius 2 is 1.75 bits per heavy atom. The molecule has 0 radical (unpaired) electrons. The van der Waals surface area contributed by atoms with E-state index >= 15 is 0 Å². The molecule has 1 saturated heterocycles. The van der Waals surface area contributed by atoms with Crippen molar-refractivity contribution in [3.8, 4) is 0 Å². The SMILES string of the molecule is CC(C)(C)c1ccc(C(N)C2CNC2)cc1. The number of nitrogens with two attached hydrogens (primary N) is 1. The lowest BCUT2D eigenvalue weighted by Crippen LogP contribution is -2.47. The van der Waals surface area contributed by atoms with Gasteiger partial charge >= 0.3 is 0 Å². The molecule has 0 saturated carbocycles. The molecule has 0 spiro atoms. The predicted molar refractivity (Wildman–Crippen MR) is 68.4 cm³/mol. The second-order valence-electron chi connectivity index (χ2n) is 5.82. The van der Waals surface area contributed by atoms with Gasteiger partial charge in [-0.05, 0) is 16.5 Å². The number of hydrogen-bond donors (Lipinski definition) is 2. The minimum Gasteiger partial charge on any atom is -0.324 e. The van der Waals surface area contributed by atoms with Crippen molar-refractivity contribution in [1.82, 2.24) is 5.32 Å². The van der Waals surface area contributed by atoms with E-state index in [1.165, 1.54) is 11.1 Å². The fourth-order valence-corrected chi connectivity index (χ4v) is 2.04. The van der Waals surface area contributed by atoms with E-state index in [0.29, 0.717) is 5.92 Å². The van der Waals surface area contributed by atoms with Crippen molar-refractivity contribution in [2.45, 2.75) is 32.2 Å². The van der Waals surface area contributed by atoms with Gasteiger partial charge in [-0.15, -0.1) is 0 Å². The molecule has 2 nitrogen and oxygen atoms in total. The first-order chi connectivity index (χ1) is 7.48. The first-order valence-electron chi connectivity index (χ1n) is 6.05. The van der Waals surface area contributed by atoms with Gasteiger partial charge in [-0.2, -0.15) is 0 Å². The normalized spacial score (nSPS) is 19.2. The van der Waals surface area contributed by atoms with E-state index in [-0.39, 0.29) is 11.5 Å². The molecule has 0 aromatic heterocycles. The van der Waals surface area contributed by atoms with Crippen LogP contribution in [0.3, 0.4) is 0 Å². The molecule has 0 aliphatic carbocycles. The van der Waals surface area contributed by atoms with E-state index in [1.807, 2.05) is 0 Å². The van der Waals surface area contributed by atoms with Gasteiger partial charge < -0.3 is 11.1 Å². The molecule has 1 atom stereocenters. The Hall–Kier alpha value is -0.860. The Morgan fingerprint density at radius 3 is 2.12 bits per heavy atom. The van der Waals surface area contributed by atoms with E-state index in [2.05, 4.69) is 50.4 Å². The van der Waals surface area contributed by atoms with Crippen LogP contribution in [0.4, 0.5) is 0 Å². The van der Waals surface area contributed by atoms with Gasteiger partial charge in [-0.3, -0.25) is 0 Å². The van der Waals surface area contributed by atoms with Crippen molar-refractivity contribution in [3.63, 3.8) is 0 Å². The van der Waals surface area contributed by atoms with Gasteiger partial charge in [0.25, 0.3) is 0 Å². The second kappa shape index (κ2) is 4.19. The fraction of sp³-hybridized carbons (Fsp3) is 0.571. The number of hydrogen-bond acceptors (Lipinski definition) is 2. The molecule has 16 heavy (non-hydrogen) atoms. The molecule has 3 N–H and O–H groups in total. The molecule has 1 aromatic rings. The Bertz CT molecular complexity index is 344. The third kappa shape index (κ3) is 2.28. The zero-order valence-electron chi connectivity index (χ0n) is 10.5. The van der Waals surface area contributed by atoms with Crippen molar-refractivity contribution in [1.29, 1.82) is 0 Å². The van der Waals surface area contributed by atoms with Crippen LogP contribution in [0, 0.1) is 5.92 Å². The van der Waals surface area contributed by atoms with Gasteiger partial charge in [0.2, 0.25) is 0 Å². The van der Waals surface area contributed by atoms with Crippen LogP contribution in [-0.2, 0) is 5.41 Å². The molecular weight excluding hydrogens is 196 g/mol. The van der Waals surface area contributed by atoms with E-state index in [4.69, 9.17) is 5.73 Å². The van der Waals surface area contributed by atoms with E-state index in [0.717, 1.165) is 13.1 Å². The van der Waals surface area contributed by atoms with Crippen molar-refractivity contribution < 1.29 is 0 Å². The fourth-order valence-electron chi connectivity index (χ4n) is 2.04. The molecule has 1 aliphatic rings. The maximum atomic E-state index is 6.22. The molecule has 2 heteroatoms. The lowest BCUT2D eigenvalue weighted by Gasteiger charge is -2.33. The van der Waals surface area contributed by atoms with Gasteiger partial charge in [0.05, 0.1) is 0 Å². The van der Waals surface area contributed by atoms with Crippen LogP contribution in [0.15, 0.2) is 24.3 Å². The molecule has 1 aliphatic heterocycles. The Kier molecular flexibility index (Phi) is 3.04. The van der Waals surface area contributed by atoms with Crippen molar-refractivity contribution >= 4 is 0 Å². The maximum Gasteiger partial charge on any atom is 0.0347 e. The third-order valence-electron chi connectivity index (χ3n) is 3.48. The average Bonchev–Trinajstić information content (AvgIpc) is 2.14. The summed E-state index contributed by atoms with van der Waals surface area (Å²) in [5.41, 5.74) is 9.08. The lowest BCUT2D eigenvalue weighted by atomic mass is 9.84. The van der Waals surface area contributed by atoms with Crippen LogP contribution >= 0.6 is 0 Å². The summed E-state index contributed by atoms with van der Waals surface area (Å²) in [6.45, 7) is 8.82. The van der Waals surface area contributed by atoms with Crippen LogP contribution < -0.4 is 11.1 Å². The van der Waals surface area contributed by atoms with Crippen LogP contribution in [0.1, 0.15) is 37.9 Å². The Morgan fingerprint density at radius 1 is 1.19 bits per heavy atom. The zero-order chi connectivity index (χ0) is 11.8. The predicted octanol–water partition coefficient (Wildman–Crippen LogP) is 2.20. The first kappa shape index (κ1) is 11.6. The monoisotopic (exact) mass is 218 g/mol. The molecule has 1 heterocycles. The zero-order valence-corrected chi connectivity index (χ0v) is 10.5. The summed E-state index contributed by atoms with van der Waals surface area (Å²) >= 11 is 0. The molecule has 0 bridgehead atoms. The molecule has 0 amide bonds. The molecule has 2 rings (SSSR count). The standard InChI is InChI=1S/C14H22N2/c1-14(2,3)12-6-4-10(5-7-12)13(15)11-8-16-9-11/h4-7,11,13,16H,8-9,15H2,1-3H3. The Labute approximate surface area is 98.2 Å². The van der Waals surface area contributed by atoms with E-state index in [1.54, 1.807) is 0 Å². The van der Waals surface area contributed by atoms with Gasteiger partial charge in [-0.25, -0.2) is 0 Å². The highest BCUT2D eigenvalue weighted by molar-refractivity contribution is 5.29. The molecular formula is C14H22N2. The minimum atomic E-state index is 0.190. The first-order valence-corrected chi connectivity index (χ1v) is 6.05. The highest BCUT2D eigenvalue weighted by Gasteiger charge is 2.25. The molecule has 1 unspecified atom stereocenters. The van der Waals surface area contributed by atoms with Gasteiger partial charge in [0.15, 0.2) is 0 Å². The number of rotatable bonds is 2. The van der Waals surface area contributed by atoms with E-state index < -0.39 is 0 Å². The summed E-state index contributed by atoms with van der Waals surface area (Å²) in [5, 5.41) is 3.27. The summed E-state index contributed by atoms with van der Waals surface area (Å²) < 4.78 is 0. The summed E-state index contributed by atoms with van der Waals surface area (Å²) in [4.78, 5) is 0. The van der Waals surface area contributed by atoms with Crippen LogP contribution in [-0.4, -0.2) is 13.1 Å².